The smallest absolute Gasteiger partial charge is 0.319 e. The van der Waals surface area contributed by atoms with E-state index < -0.39 is 12.1 Å². The van der Waals surface area contributed by atoms with Crippen LogP contribution in [0.15, 0.2) is 48.5 Å². The molecule has 3 amide bonds. The Kier molecular flexibility index (Phi) is 5.47. The zero-order valence-electron chi connectivity index (χ0n) is 14.8. The van der Waals surface area contributed by atoms with Crippen LogP contribution in [0.3, 0.4) is 0 Å². The summed E-state index contributed by atoms with van der Waals surface area (Å²) in [6.07, 6.45) is 0.837. The van der Waals surface area contributed by atoms with Gasteiger partial charge in [0, 0.05) is 22.9 Å². The number of halogens is 1. The lowest BCUT2D eigenvalue weighted by molar-refractivity contribution is -0.121. The molecule has 26 heavy (non-hydrogen) atoms. The van der Waals surface area contributed by atoms with E-state index in [1.165, 1.54) is 0 Å². The van der Waals surface area contributed by atoms with Crippen LogP contribution in [-0.4, -0.2) is 24.5 Å². The summed E-state index contributed by atoms with van der Waals surface area (Å²) in [5.74, 6) is -0.123. The van der Waals surface area contributed by atoms with Gasteiger partial charge in [0.2, 0.25) is 5.91 Å². The van der Waals surface area contributed by atoms with E-state index in [1.807, 2.05) is 38.1 Å². The molecule has 0 saturated heterocycles. The largest absolute Gasteiger partial charge is 0.326 e. The number of para-hydroxylation sites is 1. The number of carbonyl (C=O) groups is 2. The molecule has 136 valence electrons. The highest BCUT2D eigenvalue weighted by molar-refractivity contribution is 6.30. The van der Waals surface area contributed by atoms with E-state index in [0.717, 1.165) is 17.7 Å². The molecule has 0 spiro atoms. The fourth-order valence-corrected chi connectivity index (χ4v) is 3.22. The summed E-state index contributed by atoms with van der Waals surface area (Å²) in [5, 5.41) is 6.15. The second kappa shape index (κ2) is 7.79. The van der Waals surface area contributed by atoms with Gasteiger partial charge in [0.1, 0.15) is 6.04 Å². The summed E-state index contributed by atoms with van der Waals surface area (Å²) in [6, 6.07) is 13.7. The number of anilines is 2. The molecule has 6 heteroatoms. The lowest BCUT2D eigenvalue weighted by atomic mass is 10.0. The monoisotopic (exact) mass is 371 g/mol. The fourth-order valence-electron chi connectivity index (χ4n) is 3.09. The van der Waals surface area contributed by atoms with Crippen LogP contribution in [0.1, 0.15) is 19.4 Å². The molecule has 0 radical (unpaired) electrons. The van der Waals surface area contributed by atoms with Crippen LogP contribution in [-0.2, 0) is 11.2 Å². The van der Waals surface area contributed by atoms with E-state index in [1.54, 1.807) is 29.2 Å². The number of nitrogens with zero attached hydrogens (tertiary/aromatic N) is 1. The first-order valence-corrected chi connectivity index (χ1v) is 9.06. The topological polar surface area (TPSA) is 61.4 Å². The highest BCUT2D eigenvalue weighted by Crippen LogP contribution is 2.28. The molecule has 1 aliphatic heterocycles. The van der Waals surface area contributed by atoms with E-state index in [9.17, 15) is 9.59 Å². The molecule has 2 N–H and O–H groups in total. The molecular weight excluding hydrogens is 350 g/mol. The summed E-state index contributed by atoms with van der Waals surface area (Å²) in [7, 11) is 0. The Morgan fingerprint density at radius 2 is 1.77 bits per heavy atom. The van der Waals surface area contributed by atoms with Crippen molar-refractivity contribution in [3.05, 3.63) is 59.1 Å². The van der Waals surface area contributed by atoms with Crippen LogP contribution in [0.5, 0.6) is 0 Å². The molecule has 3 rings (SSSR count). The van der Waals surface area contributed by atoms with Crippen LogP contribution in [0.4, 0.5) is 16.2 Å². The molecule has 2 aromatic rings. The van der Waals surface area contributed by atoms with Crippen LogP contribution in [0.25, 0.3) is 0 Å². The van der Waals surface area contributed by atoms with E-state index in [-0.39, 0.29) is 11.8 Å². The van der Waals surface area contributed by atoms with Crippen molar-refractivity contribution in [1.82, 2.24) is 5.32 Å². The molecular formula is C20H22ClN3O2. The maximum Gasteiger partial charge on any atom is 0.319 e. The predicted octanol–water partition coefficient (Wildman–Crippen LogP) is 4.08. The quantitative estimate of drug-likeness (QED) is 0.850. The minimum absolute atomic E-state index is 0.0359. The lowest BCUT2D eigenvalue weighted by Gasteiger charge is -2.27. The molecule has 0 fully saturated rings. The van der Waals surface area contributed by atoms with Crippen molar-refractivity contribution >= 4 is 34.9 Å². The van der Waals surface area contributed by atoms with Gasteiger partial charge in [0.05, 0.1) is 0 Å². The zero-order valence-corrected chi connectivity index (χ0v) is 15.6. The second-order valence-corrected chi connectivity index (χ2v) is 7.13. The summed E-state index contributed by atoms with van der Waals surface area (Å²) in [4.78, 5) is 27.2. The maximum atomic E-state index is 13.0. The first-order valence-electron chi connectivity index (χ1n) is 8.68. The zero-order chi connectivity index (χ0) is 18.7. The average Bonchev–Trinajstić information content (AvgIpc) is 3.05. The molecule has 1 aliphatic rings. The Balaban J connectivity index is 1.70. The van der Waals surface area contributed by atoms with Gasteiger partial charge in [-0.25, -0.2) is 4.79 Å². The predicted molar refractivity (Wildman–Crippen MR) is 105 cm³/mol. The van der Waals surface area contributed by atoms with Gasteiger partial charge in [0.25, 0.3) is 0 Å². The van der Waals surface area contributed by atoms with Crippen molar-refractivity contribution in [3.8, 4) is 0 Å². The normalized spacial score (nSPS) is 14.1. The van der Waals surface area contributed by atoms with Crippen molar-refractivity contribution in [2.75, 3.05) is 16.8 Å². The third-order valence-electron chi connectivity index (χ3n) is 4.47. The number of amides is 3. The number of carbonyl (C=O) groups excluding carboxylic acids is 2. The van der Waals surface area contributed by atoms with Gasteiger partial charge in [0.15, 0.2) is 0 Å². The summed E-state index contributed by atoms with van der Waals surface area (Å²) in [5.41, 5.74) is 2.71. The third kappa shape index (κ3) is 3.99. The third-order valence-corrected chi connectivity index (χ3v) is 4.73. The van der Waals surface area contributed by atoms with Crippen LogP contribution < -0.4 is 15.5 Å². The highest BCUT2D eigenvalue weighted by Gasteiger charge is 2.32. The molecule has 1 heterocycles. The Labute approximate surface area is 158 Å². The van der Waals surface area contributed by atoms with Crippen molar-refractivity contribution in [3.63, 3.8) is 0 Å². The number of urea groups is 1. The van der Waals surface area contributed by atoms with E-state index >= 15 is 0 Å². The van der Waals surface area contributed by atoms with Gasteiger partial charge >= 0.3 is 6.03 Å². The number of fused-ring (bicyclic) bond motifs is 1. The number of nitrogens with one attached hydrogen (secondary N) is 2. The summed E-state index contributed by atoms with van der Waals surface area (Å²) in [6.45, 7) is 4.49. The van der Waals surface area contributed by atoms with Gasteiger partial charge in [-0.2, -0.15) is 0 Å². The number of benzene rings is 2. The van der Waals surface area contributed by atoms with Gasteiger partial charge in [-0.3, -0.25) is 4.79 Å². The van der Waals surface area contributed by atoms with Gasteiger partial charge < -0.3 is 15.5 Å². The summed E-state index contributed by atoms with van der Waals surface area (Å²) < 4.78 is 0. The number of rotatable bonds is 4. The molecule has 2 aromatic carbocycles. The van der Waals surface area contributed by atoms with Crippen LogP contribution in [0.2, 0.25) is 5.02 Å². The SMILES string of the molecule is CC(C)C(NC(=O)Nc1ccc(Cl)cc1)C(=O)N1CCc2ccccc21. The van der Waals surface area contributed by atoms with E-state index in [0.29, 0.717) is 17.3 Å². The highest BCUT2D eigenvalue weighted by atomic mass is 35.5. The van der Waals surface area contributed by atoms with Crippen molar-refractivity contribution in [2.24, 2.45) is 5.92 Å². The maximum absolute atomic E-state index is 13.0. The van der Waals surface area contributed by atoms with E-state index in [2.05, 4.69) is 10.6 Å². The van der Waals surface area contributed by atoms with Gasteiger partial charge in [-0.05, 0) is 48.2 Å². The Morgan fingerprint density at radius 3 is 2.46 bits per heavy atom. The van der Waals surface area contributed by atoms with Crippen LogP contribution in [0, 0.1) is 5.92 Å². The number of hydrogen-bond acceptors (Lipinski definition) is 2. The molecule has 0 aliphatic carbocycles. The Bertz CT molecular complexity index is 805. The molecule has 0 aromatic heterocycles. The van der Waals surface area contributed by atoms with Crippen molar-refractivity contribution in [2.45, 2.75) is 26.3 Å². The van der Waals surface area contributed by atoms with Crippen LogP contribution >= 0.6 is 11.6 Å². The van der Waals surface area contributed by atoms with Crippen molar-refractivity contribution < 1.29 is 9.59 Å². The van der Waals surface area contributed by atoms with Crippen molar-refractivity contribution in [1.29, 1.82) is 0 Å². The van der Waals surface area contributed by atoms with E-state index in [4.69, 9.17) is 11.6 Å². The standard InChI is InChI=1S/C20H22ClN3O2/c1-13(2)18(23-20(26)22-16-9-7-15(21)8-10-16)19(25)24-12-11-14-5-3-4-6-17(14)24/h3-10,13,18H,11-12H2,1-2H3,(H2,22,23,26). The minimum Gasteiger partial charge on any atom is -0.326 e. The summed E-state index contributed by atoms with van der Waals surface area (Å²) >= 11 is 5.85. The molecule has 5 nitrogen and oxygen atoms in total. The lowest BCUT2D eigenvalue weighted by Crippen LogP contribution is -2.52. The Morgan fingerprint density at radius 1 is 1.08 bits per heavy atom. The first kappa shape index (κ1) is 18.3. The van der Waals surface area contributed by atoms with Gasteiger partial charge in [-0.1, -0.05) is 43.6 Å². The minimum atomic E-state index is -0.603. The molecule has 1 atom stereocenters. The Hall–Kier alpha value is -2.53. The second-order valence-electron chi connectivity index (χ2n) is 6.70. The molecule has 1 unspecified atom stereocenters. The van der Waals surface area contributed by atoms with Gasteiger partial charge in [-0.15, -0.1) is 0 Å². The molecule has 0 bridgehead atoms. The first-order chi connectivity index (χ1) is 12.5. The average molecular weight is 372 g/mol. The number of hydrogen-bond donors (Lipinski definition) is 2. The molecule has 0 saturated carbocycles. The fraction of sp³-hybridized carbons (Fsp3) is 0.300.